The van der Waals surface area contributed by atoms with Gasteiger partial charge in [-0.1, -0.05) is 6.07 Å². The fourth-order valence-electron chi connectivity index (χ4n) is 2.12. The molecule has 1 aromatic rings. The Hall–Kier alpha value is -0.380. The molecule has 16 heavy (non-hydrogen) atoms. The zero-order valence-electron chi connectivity index (χ0n) is 9.95. The molecule has 0 aliphatic carbocycles. The van der Waals surface area contributed by atoms with E-state index in [4.69, 9.17) is 4.74 Å². The van der Waals surface area contributed by atoms with E-state index in [1.54, 1.807) is 0 Å². The van der Waals surface area contributed by atoms with Crippen LogP contribution in [0.3, 0.4) is 0 Å². The van der Waals surface area contributed by atoms with Crippen LogP contribution < -0.4 is 5.32 Å². The summed E-state index contributed by atoms with van der Waals surface area (Å²) in [5, 5.41) is 5.80. The smallest absolute Gasteiger partial charge is 0.0469 e. The number of nitrogens with one attached hydrogen (secondary N) is 1. The molecule has 90 valence electrons. The lowest BCUT2D eigenvalue weighted by atomic mass is 10.00. The van der Waals surface area contributed by atoms with Crippen molar-refractivity contribution in [3.8, 4) is 0 Å². The molecular weight excluding hydrogens is 218 g/mol. The maximum absolute atomic E-state index is 5.37. The molecule has 1 unspecified atom stereocenters. The lowest BCUT2D eigenvalue weighted by Crippen LogP contribution is -2.34. The van der Waals surface area contributed by atoms with Crippen LogP contribution in [0.2, 0.25) is 0 Å². The molecule has 0 spiro atoms. The van der Waals surface area contributed by atoms with Gasteiger partial charge in [-0.3, -0.25) is 0 Å². The van der Waals surface area contributed by atoms with Crippen molar-refractivity contribution in [2.45, 2.75) is 32.2 Å². The number of rotatable bonds is 5. The summed E-state index contributed by atoms with van der Waals surface area (Å²) in [5.74, 6) is 0.819. The highest BCUT2D eigenvalue weighted by atomic mass is 32.1. The summed E-state index contributed by atoms with van der Waals surface area (Å²) >= 11 is 1.85. The normalized spacial score (nSPS) is 19.8. The maximum atomic E-state index is 5.37. The minimum atomic E-state index is 0.585. The fourth-order valence-corrected chi connectivity index (χ4v) is 2.96. The second-order valence-corrected chi connectivity index (χ2v) is 5.68. The van der Waals surface area contributed by atoms with Crippen LogP contribution in [0.4, 0.5) is 0 Å². The molecule has 1 N–H and O–H groups in total. The van der Waals surface area contributed by atoms with Gasteiger partial charge < -0.3 is 10.1 Å². The van der Waals surface area contributed by atoms with E-state index >= 15 is 0 Å². The minimum Gasteiger partial charge on any atom is -0.381 e. The average Bonchev–Trinajstić information content (AvgIpc) is 2.81. The highest BCUT2D eigenvalue weighted by Gasteiger charge is 2.14. The van der Waals surface area contributed by atoms with Crippen molar-refractivity contribution < 1.29 is 4.74 Å². The SMILES string of the molecule is CC(Cc1cccs1)NCC1CCOCC1. The number of hydrogen-bond acceptors (Lipinski definition) is 3. The number of thiophene rings is 1. The van der Waals surface area contributed by atoms with E-state index in [1.807, 2.05) is 11.3 Å². The van der Waals surface area contributed by atoms with Crippen molar-refractivity contribution in [3.05, 3.63) is 22.4 Å². The summed E-state index contributed by atoms with van der Waals surface area (Å²) in [7, 11) is 0. The van der Waals surface area contributed by atoms with E-state index in [0.29, 0.717) is 6.04 Å². The lowest BCUT2D eigenvalue weighted by molar-refractivity contribution is 0.0656. The third kappa shape index (κ3) is 3.89. The first-order chi connectivity index (χ1) is 7.84. The van der Waals surface area contributed by atoms with E-state index in [-0.39, 0.29) is 0 Å². The maximum Gasteiger partial charge on any atom is 0.0469 e. The van der Waals surface area contributed by atoms with E-state index in [1.165, 1.54) is 17.7 Å². The van der Waals surface area contributed by atoms with Gasteiger partial charge in [0.05, 0.1) is 0 Å². The molecule has 1 aliphatic rings. The lowest BCUT2D eigenvalue weighted by Gasteiger charge is -2.24. The van der Waals surface area contributed by atoms with Gasteiger partial charge in [-0.05, 0) is 50.1 Å². The predicted molar refractivity (Wildman–Crippen MR) is 69.0 cm³/mol. The molecule has 0 aromatic carbocycles. The van der Waals surface area contributed by atoms with Gasteiger partial charge in [-0.15, -0.1) is 11.3 Å². The first kappa shape index (κ1) is 12.1. The van der Waals surface area contributed by atoms with E-state index in [9.17, 15) is 0 Å². The summed E-state index contributed by atoms with van der Waals surface area (Å²) in [6, 6.07) is 4.93. The van der Waals surface area contributed by atoms with Crippen molar-refractivity contribution >= 4 is 11.3 Å². The summed E-state index contributed by atoms with van der Waals surface area (Å²) in [6.07, 6.45) is 3.60. The Kier molecular flexibility index (Phi) is 4.82. The predicted octanol–water partition coefficient (Wildman–Crippen LogP) is 2.70. The van der Waals surface area contributed by atoms with Crippen LogP contribution >= 0.6 is 11.3 Å². The monoisotopic (exact) mass is 239 g/mol. The summed E-state index contributed by atoms with van der Waals surface area (Å²) in [4.78, 5) is 1.48. The minimum absolute atomic E-state index is 0.585. The second kappa shape index (κ2) is 6.38. The van der Waals surface area contributed by atoms with Gasteiger partial charge in [0, 0.05) is 24.1 Å². The van der Waals surface area contributed by atoms with Crippen molar-refractivity contribution in [2.24, 2.45) is 5.92 Å². The Labute approximate surface area is 102 Å². The van der Waals surface area contributed by atoms with Crippen molar-refractivity contribution in [1.82, 2.24) is 5.32 Å². The second-order valence-electron chi connectivity index (χ2n) is 4.65. The molecule has 1 atom stereocenters. The van der Waals surface area contributed by atoms with Gasteiger partial charge in [0.1, 0.15) is 0 Å². The molecule has 0 amide bonds. The van der Waals surface area contributed by atoms with Crippen LogP contribution in [0.1, 0.15) is 24.6 Å². The van der Waals surface area contributed by atoms with Gasteiger partial charge in [-0.25, -0.2) is 0 Å². The van der Waals surface area contributed by atoms with Crippen LogP contribution in [-0.4, -0.2) is 25.8 Å². The molecule has 0 saturated carbocycles. The van der Waals surface area contributed by atoms with E-state index in [2.05, 4.69) is 29.8 Å². The summed E-state index contributed by atoms with van der Waals surface area (Å²) in [6.45, 7) is 5.33. The van der Waals surface area contributed by atoms with Gasteiger partial charge in [0.25, 0.3) is 0 Å². The van der Waals surface area contributed by atoms with Crippen molar-refractivity contribution in [2.75, 3.05) is 19.8 Å². The Bertz CT molecular complexity index is 280. The van der Waals surface area contributed by atoms with Crippen molar-refractivity contribution in [3.63, 3.8) is 0 Å². The standard InChI is InChI=1S/C13H21NOS/c1-11(9-13-3-2-8-16-13)14-10-12-4-6-15-7-5-12/h2-3,8,11-12,14H,4-7,9-10H2,1H3. The molecule has 3 heteroatoms. The van der Waals surface area contributed by atoms with E-state index < -0.39 is 0 Å². The Morgan fingerprint density at radius 1 is 1.50 bits per heavy atom. The third-order valence-electron chi connectivity index (χ3n) is 3.18. The van der Waals surface area contributed by atoms with Crippen LogP contribution in [0.15, 0.2) is 17.5 Å². The molecule has 2 heterocycles. The first-order valence-corrected chi connectivity index (χ1v) is 7.06. The molecule has 1 aromatic heterocycles. The zero-order valence-corrected chi connectivity index (χ0v) is 10.8. The molecule has 1 fully saturated rings. The molecule has 0 radical (unpaired) electrons. The first-order valence-electron chi connectivity index (χ1n) is 6.18. The van der Waals surface area contributed by atoms with Gasteiger partial charge in [0.2, 0.25) is 0 Å². The summed E-state index contributed by atoms with van der Waals surface area (Å²) < 4.78 is 5.37. The van der Waals surface area contributed by atoms with Crippen LogP contribution in [-0.2, 0) is 11.2 Å². The number of ether oxygens (including phenoxy) is 1. The third-order valence-corrected chi connectivity index (χ3v) is 4.08. The van der Waals surface area contributed by atoms with Crippen molar-refractivity contribution in [1.29, 1.82) is 0 Å². The van der Waals surface area contributed by atoms with Gasteiger partial charge in [0.15, 0.2) is 0 Å². The van der Waals surface area contributed by atoms with Gasteiger partial charge in [-0.2, -0.15) is 0 Å². The topological polar surface area (TPSA) is 21.3 Å². The largest absolute Gasteiger partial charge is 0.381 e. The molecule has 1 aliphatic heterocycles. The zero-order chi connectivity index (χ0) is 11.2. The van der Waals surface area contributed by atoms with Crippen LogP contribution in [0.25, 0.3) is 0 Å². The molecular formula is C13H21NOS. The molecule has 2 nitrogen and oxygen atoms in total. The average molecular weight is 239 g/mol. The fraction of sp³-hybridized carbons (Fsp3) is 0.692. The van der Waals surface area contributed by atoms with Crippen LogP contribution in [0.5, 0.6) is 0 Å². The van der Waals surface area contributed by atoms with Crippen LogP contribution in [0, 0.1) is 5.92 Å². The highest BCUT2D eigenvalue weighted by molar-refractivity contribution is 7.09. The molecule has 2 rings (SSSR count). The molecule has 1 saturated heterocycles. The molecule has 0 bridgehead atoms. The summed E-state index contributed by atoms with van der Waals surface area (Å²) in [5.41, 5.74) is 0. The Balaban J connectivity index is 1.65. The Morgan fingerprint density at radius 3 is 3.00 bits per heavy atom. The quantitative estimate of drug-likeness (QED) is 0.853. The highest BCUT2D eigenvalue weighted by Crippen LogP contribution is 2.15. The van der Waals surface area contributed by atoms with E-state index in [0.717, 1.165) is 32.1 Å². The van der Waals surface area contributed by atoms with Gasteiger partial charge >= 0.3 is 0 Å². The Morgan fingerprint density at radius 2 is 2.31 bits per heavy atom. The number of hydrogen-bond donors (Lipinski definition) is 1.